The van der Waals surface area contributed by atoms with Crippen molar-refractivity contribution in [2.45, 2.75) is 11.4 Å². The molecule has 0 aliphatic heterocycles. The fourth-order valence-electron chi connectivity index (χ4n) is 2.27. The van der Waals surface area contributed by atoms with E-state index in [1.165, 1.54) is 42.6 Å². The van der Waals surface area contributed by atoms with Crippen LogP contribution in [0.1, 0.15) is 0 Å². The molecule has 0 radical (unpaired) electrons. The number of halogens is 1. The quantitative estimate of drug-likeness (QED) is 0.553. The summed E-state index contributed by atoms with van der Waals surface area (Å²) >= 11 is 3.24. The van der Waals surface area contributed by atoms with Gasteiger partial charge in [0, 0.05) is 17.1 Å². The average Bonchev–Trinajstić information content (AvgIpc) is 3.18. The molecule has 0 aliphatic carbocycles. The molecule has 0 saturated heterocycles. The van der Waals surface area contributed by atoms with Gasteiger partial charge in [-0.05, 0) is 24.3 Å². The highest BCUT2D eigenvalue weighted by Gasteiger charge is 2.19. The first-order chi connectivity index (χ1) is 12.9. The first-order valence-electron chi connectivity index (χ1n) is 7.67. The van der Waals surface area contributed by atoms with Gasteiger partial charge in [0.25, 0.3) is 5.56 Å². The number of benzene rings is 1. The maximum Gasteiger partial charge on any atom is 0.266 e. The van der Waals surface area contributed by atoms with Crippen LogP contribution in [-0.4, -0.2) is 46.6 Å². The maximum atomic E-state index is 12.6. The van der Waals surface area contributed by atoms with E-state index in [2.05, 4.69) is 35.8 Å². The fourth-order valence-corrected chi connectivity index (χ4v) is 4.00. The normalized spacial score (nSPS) is 11.5. The SMILES string of the molecule is COc1ccc(Br)cc1S(=O)(=O)NCCn1nc(-n2cncn2)ccc1=O. The van der Waals surface area contributed by atoms with Crippen molar-refractivity contribution in [1.82, 2.24) is 29.3 Å². The molecular weight excluding hydrogens is 440 g/mol. The van der Waals surface area contributed by atoms with Crippen molar-refractivity contribution in [1.29, 1.82) is 0 Å². The van der Waals surface area contributed by atoms with Gasteiger partial charge >= 0.3 is 0 Å². The van der Waals surface area contributed by atoms with Crippen LogP contribution in [0.4, 0.5) is 0 Å². The molecule has 27 heavy (non-hydrogen) atoms. The summed E-state index contributed by atoms with van der Waals surface area (Å²) in [6.07, 6.45) is 2.79. The molecule has 3 rings (SSSR count). The van der Waals surface area contributed by atoms with E-state index in [-0.39, 0.29) is 29.3 Å². The van der Waals surface area contributed by atoms with Crippen LogP contribution in [0.3, 0.4) is 0 Å². The molecule has 142 valence electrons. The number of aromatic nitrogens is 5. The predicted octanol–water partition coefficient (Wildman–Crippen LogP) is 0.574. The van der Waals surface area contributed by atoms with Gasteiger partial charge < -0.3 is 4.74 Å². The van der Waals surface area contributed by atoms with E-state index in [4.69, 9.17) is 4.74 Å². The van der Waals surface area contributed by atoms with Crippen LogP contribution in [-0.2, 0) is 16.6 Å². The topological polar surface area (TPSA) is 121 Å². The van der Waals surface area contributed by atoms with Crippen molar-refractivity contribution in [2.75, 3.05) is 13.7 Å². The van der Waals surface area contributed by atoms with E-state index in [0.29, 0.717) is 10.3 Å². The zero-order valence-corrected chi connectivity index (χ0v) is 16.5. The Morgan fingerprint density at radius 3 is 2.78 bits per heavy atom. The summed E-state index contributed by atoms with van der Waals surface area (Å²) in [5.41, 5.74) is -0.363. The van der Waals surface area contributed by atoms with E-state index in [0.717, 1.165) is 4.68 Å². The van der Waals surface area contributed by atoms with Crippen LogP contribution in [0.2, 0.25) is 0 Å². The molecule has 10 nitrogen and oxygen atoms in total. The van der Waals surface area contributed by atoms with Crippen molar-refractivity contribution < 1.29 is 13.2 Å². The van der Waals surface area contributed by atoms with Crippen molar-refractivity contribution in [3.63, 3.8) is 0 Å². The second kappa shape index (κ2) is 7.98. The minimum atomic E-state index is -3.84. The zero-order chi connectivity index (χ0) is 19.4. The van der Waals surface area contributed by atoms with Crippen LogP contribution >= 0.6 is 15.9 Å². The molecule has 2 aromatic heterocycles. The molecule has 0 amide bonds. The lowest BCUT2D eigenvalue weighted by Gasteiger charge is -2.12. The molecule has 0 spiro atoms. The summed E-state index contributed by atoms with van der Waals surface area (Å²) in [5, 5.41) is 8.09. The van der Waals surface area contributed by atoms with Crippen LogP contribution in [0.5, 0.6) is 5.75 Å². The van der Waals surface area contributed by atoms with E-state index < -0.39 is 10.0 Å². The number of nitrogens with zero attached hydrogens (tertiary/aromatic N) is 5. The van der Waals surface area contributed by atoms with Gasteiger partial charge in [-0.1, -0.05) is 15.9 Å². The summed E-state index contributed by atoms with van der Waals surface area (Å²) in [4.78, 5) is 15.8. The Hall–Kier alpha value is -2.57. The Kier molecular flexibility index (Phi) is 5.68. The smallest absolute Gasteiger partial charge is 0.266 e. The maximum absolute atomic E-state index is 12.6. The number of rotatable bonds is 7. The van der Waals surface area contributed by atoms with Crippen molar-refractivity contribution >= 4 is 26.0 Å². The molecule has 0 bridgehead atoms. The molecule has 0 aliphatic rings. The molecule has 0 saturated carbocycles. The third-order valence-corrected chi connectivity index (χ3v) is 5.51. The molecule has 12 heteroatoms. The van der Waals surface area contributed by atoms with Crippen molar-refractivity contribution in [2.24, 2.45) is 0 Å². The van der Waals surface area contributed by atoms with Gasteiger partial charge in [0.2, 0.25) is 10.0 Å². The lowest BCUT2D eigenvalue weighted by Crippen LogP contribution is -2.32. The van der Waals surface area contributed by atoms with Gasteiger partial charge in [0.15, 0.2) is 5.82 Å². The minimum absolute atomic E-state index is 0.00366. The van der Waals surface area contributed by atoms with Crippen molar-refractivity contribution in [3.05, 3.63) is 57.8 Å². The highest BCUT2D eigenvalue weighted by atomic mass is 79.9. The zero-order valence-electron chi connectivity index (χ0n) is 14.1. The second-order valence-corrected chi connectivity index (χ2v) is 7.94. The summed E-state index contributed by atoms with van der Waals surface area (Å²) in [7, 11) is -2.45. The van der Waals surface area contributed by atoms with E-state index >= 15 is 0 Å². The third-order valence-electron chi connectivity index (χ3n) is 3.54. The van der Waals surface area contributed by atoms with Gasteiger partial charge in [-0.15, -0.1) is 5.10 Å². The van der Waals surface area contributed by atoms with Gasteiger partial charge in [0.05, 0.1) is 13.7 Å². The van der Waals surface area contributed by atoms with Crippen LogP contribution in [0, 0.1) is 0 Å². The largest absolute Gasteiger partial charge is 0.495 e. The standard InChI is InChI=1S/C15H15BrN6O4S/c1-26-12-3-2-11(16)8-13(12)27(24,25)19-6-7-21-15(23)5-4-14(20-21)22-10-17-9-18-22/h2-5,8-10,19H,6-7H2,1H3. The second-order valence-electron chi connectivity index (χ2n) is 5.29. The van der Waals surface area contributed by atoms with Crippen LogP contribution < -0.4 is 15.0 Å². The molecule has 0 fully saturated rings. The Labute approximate surface area is 163 Å². The van der Waals surface area contributed by atoms with E-state index in [9.17, 15) is 13.2 Å². The summed E-state index contributed by atoms with van der Waals surface area (Å²) in [6, 6.07) is 7.50. The predicted molar refractivity (Wildman–Crippen MR) is 99.3 cm³/mol. The molecule has 0 unspecified atom stereocenters. The number of methoxy groups -OCH3 is 1. The first-order valence-corrected chi connectivity index (χ1v) is 9.95. The number of ether oxygens (including phenoxy) is 1. The van der Waals surface area contributed by atoms with Gasteiger partial charge in [-0.25, -0.2) is 27.5 Å². The number of nitrogens with one attached hydrogen (secondary N) is 1. The Morgan fingerprint density at radius 1 is 1.26 bits per heavy atom. The summed E-state index contributed by atoms with van der Waals surface area (Å²) < 4.78 is 35.8. The number of hydrogen-bond donors (Lipinski definition) is 1. The third kappa shape index (κ3) is 4.40. The Morgan fingerprint density at radius 2 is 2.07 bits per heavy atom. The van der Waals surface area contributed by atoms with Gasteiger partial charge in [-0.2, -0.15) is 5.10 Å². The molecule has 1 N–H and O–H groups in total. The highest BCUT2D eigenvalue weighted by molar-refractivity contribution is 9.10. The number of hydrogen-bond acceptors (Lipinski definition) is 7. The molecule has 0 atom stereocenters. The fraction of sp³-hybridized carbons (Fsp3) is 0.200. The molecule has 3 aromatic rings. The van der Waals surface area contributed by atoms with E-state index in [1.54, 1.807) is 12.1 Å². The lowest BCUT2D eigenvalue weighted by molar-refractivity contribution is 0.402. The van der Waals surface area contributed by atoms with Crippen molar-refractivity contribution in [3.8, 4) is 11.6 Å². The Balaban J connectivity index is 1.76. The lowest BCUT2D eigenvalue weighted by atomic mass is 10.3. The molecular formula is C15H15BrN6O4S. The summed E-state index contributed by atoms with van der Waals surface area (Å²) in [5.74, 6) is 0.609. The summed E-state index contributed by atoms with van der Waals surface area (Å²) in [6.45, 7) is 0.00262. The monoisotopic (exact) mass is 454 g/mol. The average molecular weight is 455 g/mol. The molecule has 2 heterocycles. The van der Waals surface area contributed by atoms with Crippen LogP contribution in [0.15, 0.2) is 57.1 Å². The van der Waals surface area contributed by atoms with E-state index in [1.807, 2.05) is 0 Å². The highest BCUT2D eigenvalue weighted by Crippen LogP contribution is 2.26. The van der Waals surface area contributed by atoms with Crippen LogP contribution in [0.25, 0.3) is 5.82 Å². The Bertz CT molecular complexity index is 1100. The number of sulfonamides is 1. The first kappa shape index (κ1) is 19.2. The molecule has 1 aromatic carbocycles. The minimum Gasteiger partial charge on any atom is -0.495 e. The van der Waals surface area contributed by atoms with Gasteiger partial charge in [0.1, 0.15) is 23.3 Å². The van der Waals surface area contributed by atoms with Gasteiger partial charge in [-0.3, -0.25) is 4.79 Å².